The Hall–Kier alpha value is -3.00. The van der Waals surface area contributed by atoms with Crippen LogP contribution < -0.4 is 10.6 Å². The predicted molar refractivity (Wildman–Crippen MR) is 150 cm³/mol. The molecule has 0 spiro atoms. The van der Waals surface area contributed by atoms with E-state index in [1.54, 1.807) is 10.6 Å². The number of hydrogen-bond acceptors (Lipinski definition) is 8. The normalized spacial score (nSPS) is 16.0. The Morgan fingerprint density at radius 2 is 0.929 bits per heavy atom. The van der Waals surface area contributed by atoms with Gasteiger partial charge in [-0.1, -0.05) is 25.7 Å². The smallest absolute Gasteiger partial charge is 0.396 e. The molecule has 2 aromatic heterocycles. The maximum atomic E-state index is 15.1. The maximum absolute atomic E-state index is 15.1. The Morgan fingerprint density at radius 3 is 1.26 bits per heavy atom. The topological polar surface area (TPSA) is 111 Å². The summed E-state index contributed by atoms with van der Waals surface area (Å²) in [5.41, 5.74) is 0.793. The van der Waals surface area contributed by atoms with Gasteiger partial charge in [0.15, 0.2) is 0 Å². The maximum Gasteiger partial charge on any atom is 0.396 e. The van der Waals surface area contributed by atoms with Crippen molar-refractivity contribution in [2.24, 2.45) is 0 Å². The van der Waals surface area contributed by atoms with E-state index in [9.17, 15) is 19.2 Å². The van der Waals surface area contributed by atoms with Gasteiger partial charge in [0.05, 0.1) is 25.3 Å². The highest BCUT2D eigenvalue weighted by Gasteiger charge is 2.67. The van der Waals surface area contributed by atoms with E-state index in [0.717, 1.165) is 88.3 Å². The van der Waals surface area contributed by atoms with Crippen molar-refractivity contribution in [3.63, 3.8) is 0 Å². The van der Waals surface area contributed by atoms with Crippen LogP contribution in [0.4, 0.5) is 27.6 Å². The van der Waals surface area contributed by atoms with Crippen molar-refractivity contribution in [1.29, 1.82) is 0 Å². The van der Waals surface area contributed by atoms with E-state index in [2.05, 4.69) is 0 Å². The van der Waals surface area contributed by atoms with Gasteiger partial charge >= 0.3 is 35.6 Å². The van der Waals surface area contributed by atoms with Crippen molar-refractivity contribution < 1.29 is 46.2 Å². The minimum atomic E-state index is -5.51. The molecule has 14 heteroatoms. The van der Waals surface area contributed by atoms with Crippen LogP contribution in [-0.2, 0) is 44.7 Å². The van der Waals surface area contributed by atoms with Crippen molar-refractivity contribution in [2.75, 3.05) is 24.9 Å². The molecule has 0 fully saturated rings. The van der Waals surface area contributed by atoms with E-state index in [1.807, 2.05) is 0 Å². The van der Waals surface area contributed by atoms with Gasteiger partial charge in [0.1, 0.15) is 10.0 Å². The zero-order valence-electron chi connectivity index (χ0n) is 23.3. The van der Waals surface area contributed by atoms with Crippen molar-refractivity contribution in [1.82, 2.24) is 0 Å². The molecule has 2 amide bonds. The fourth-order valence-electron chi connectivity index (χ4n) is 5.30. The molecule has 2 aliphatic carbocycles. The summed E-state index contributed by atoms with van der Waals surface area (Å²) in [6, 6.07) is 0. The number of fused-ring (bicyclic) bond motifs is 2. The number of carbonyl (C=O) groups is 4. The number of anilines is 2. The Morgan fingerprint density at radius 1 is 0.595 bits per heavy atom. The van der Waals surface area contributed by atoms with Gasteiger partial charge in [-0.2, -0.15) is 17.6 Å². The molecule has 230 valence electrons. The van der Waals surface area contributed by atoms with Crippen molar-refractivity contribution >= 4 is 56.4 Å². The summed E-state index contributed by atoms with van der Waals surface area (Å²) in [5.74, 6) is -17.7. The molecule has 0 unspecified atom stereocenters. The Balaban J connectivity index is 1.61. The number of aryl methyl sites for hydroxylation is 2. The van der Waals surface area contributed by atoms with Gasteiger partial charge in [-0.3, -0.25) is 9.59 Å². The van der Waals surface area contributed by atoms with E-state index < -0.39 is 35.6 Å². The quantitative estimate of drug-likeness (QED) is 0.265. The zero-order valence-corrected chi connectivity index (χ0v) is 24.9. The van der Waals surface area contributed by atoms with E-state index >= 15 is 17.6 Å². The number of amides is 2. The third-order valence-electron chi connectivity index (χ3n) is 7.54. The van der Waals surface area contributed by atoms with E-state index in [4.69, 9.17) is 9.47 Å². The third-order valence-corrected chi connectivity index (χ3v) is 9.95. The number of nitrogens with one attached hydrogen (secondary N) is 2. The number of carbonyl (C=O) groups excluding carboxylic acids is 4. The number of halogens is 4. The second-order valence-electron chi connectivity index (χ2n) is 10.3. The molecule has 2 N–H and O–H groups in total. The van der Waals surface area contributed by atoms with Crippen LogP contribution in [0, 0.1) is 0 Å². The SMILES string of the molecule is COC(=O)c1c(NC(=O)C(F)(F)C(F)(F)C(=O)Nc2sc3c(c2C(=O)OC)CCCCCC3)sc2c1CCCCCC2. The first-order chi connectivity index (χ1) is 19.9. The lowest BCUT2D eigenvalue weighted by molar-refractivity contribution is -0.204. The van der Waals surface area contributed by atoms with Gasteiger partial charge in [-0.05, 0) is 62.5 Å². The fourth-order valence-corrected chi connectivity index (χ4v) is 7.84. The van der Waals surface area contributed by atoms with E-state index in [1.165, 1.54) is 0 Å². The molecule has 2 heterocycles. The number of ether oxygens (including phenoxy) is 2. The summed E-state index contributed by atoms with van der Waals surface area (Å²) in [5, 5.41) is 2.89. The van der Waals surface area contributed by atoms with Crippen LogP contribution >= 0.6 is 22.7 Å². The summed E-state index contributed by atoms with van der Waals surface area (Å²) >= 11 is 1.72. The summed E-state index contributed by atoms with van der Waals surface area (Å²) in [6.07, 6.45) is 8.56. The van der Waals surface area contributed by atoms with Gasteiger partial charge in [-0.25, -0.2) is 9.59 Å². The van der Waals surface area contributed by atoms with Crippen LogP contribution in [0.15, 0.2) is 0 Å². The highest BCUT2D eigenvalue weighted by atomic mass is 32.1. The van der Waals surface area contributed by atoms with Gasteiger partial charge < -0.3 is 20.1 Å². The second kappa shape index (κ2) is 13.1. The van der Waals surface area contributed by atoms with Crippen molar-refractivity contribution in [2.45, 2.75) is 88.9 Å². The first-order valence-corrected chi connectivity index (χ1v) is 15.4. The minimum Gasteiger partial charge on any atom is -0.465 e. The standard InChI is InChI=1S/C28H32F4N2O6S2/c1-39-23(35)19-15-11-7-3-5-9-13-17(15)41-21(19)33-25(37)27(29,30)28(31,32)26(38)34-22-20(24(36)40-2)16-12-8-4-6-10-14-18(16)42-22/h3-14H2,1-2H3,(H,33,37)(H,34,38). The number of hydrogen-bond donors (Lipinski definition) is 2. The van der Waals surface area contributed by atoms with Crippen LogP contribution in [0.3, 0.4) is 0 Å². The number of alkyl halides is 4. The summed E-state index contributed by atoms with van der Waals surface area (Å²) in [4.78, 5) is 51.8. The van der Waals surface area contributed by atoms with Crippen LogP contribution in [0.5, 0.6) is 0 Å². The number of thiophene rings is 2. The molecule has 0 saturated heterocycles. The summed E-state index contributed by atoms with van der Waals surface area (Å²) in [7, 11) is 2.17. The molecule has 0 saturated carbocycles. The highest BCUT2D eigenvalue weighted by molar-refractivity contribution is 7.17. The average molecular weight is 633 g/mol. The van der Waals surface area contributed by atoms with Crippen molar-refractivity contribution in [3.8, 4) is 0 Å². The molecule has 0 atom stereocenters. The molecular formula is C28H32F4N2O6S2. The summed E-state index contributed by atoms with van der Waals surface area (Å²) in [6.45, 7) is 0. The monoisotopic (exact) mass is 632 g/mol. The number of esters is 2. The Labute approximate surface area is 248 Å². The molecule has 2 aliphatic rings. The lowest BCUT2D eigenvalue weighted by atomic mass is 9.96. The van der Waals surface area contributed by atoms with Crippen LogP contribution in [0.2, 0.25) is 0 Å². The molecule has 4 rings (SSSR count). The largest absolute Gasteiger partial charge is 0.465 e. The van der Waals surface area contributed by atoms with Gasteiger partial charge in [-0.15, -0.1) is 22.7 Å². The molecule has 8 nitrogen and oxygen atoms in total. The third kappa shape index (κ3) is 6.19. The predicted octanol–water partition coefficient (Wildman–Crippen LogP) is 6.55. The molecular weight excluding hydrogens is 600 g/mol. The lowest BCUT2D eigenvalue weighted by Gasteiger charge is -2.24. The first kappa shape index (κ1) is 31.9. The number of rotatable bonds is 7. The van der Waals surface area contributed by atoms with Crippen LogP contribution in [-0.4, -0.2) is 49.8 Å². The zero-order chi connectivity index (χ0) is 30.7. The van der Waals surface area contributed by atoms with Gasteiger partial charge in [0, 0.05) is 9.75 Å². The molecule has 2 aromatic rings. The fraction of sp³-hybridized carbons (Fsp3) is 0.571. The highest BCUT2D eigenvalue weighted by Crippen LogP contribution is 2.43. The Bertz CT molecular complexity index is 1270. The average Bonchev–Trinajstić information content (AvgIpc) is 3.43. The number of methoxy groups -OCH3 is 2. The van der Waals surface area contributed by atoms with Gasteiger partial charge in [0.25, 0.3) is 0 Å². The molecule has 0 bridgehead atoms. The molecule has 42 heavy (non-hydrogen) atoms. The second-order valence-corrected chi connectivity index (χ2v) is 12.5. The van der Waals surface area contributed by atoms with Crippen LogP contribution in [0.1, 0.15) is 93.0 Å². The van der Waals surface area contributed by atoms with Crippen molar-refractivity contribution in [3.05, 3.63) is 32.0 Å². The molecule has 0 aliphatic heterocycles. The molecule has 0 radical (unpaired) electrons. The molecule has 0 aromatic carbocycles. The van der Waals surface area contributed by atoms with Gasteiger partial charge in [0.2, 0.25) is 0 Å². The lowest BCUT2D eigenvalue weighted by Crippen LogP contribution is -2.56. The van der Waals surface area contributed by atoms with E-state index in [0.29, 0.717) is 46.6 Å². The van der Waals surface area contributed by atoms with E-state index in [-0.39, 0.29) is 21.1 Å². The summed E-state index contributed by atoms with van der Waals surface area (Å²) < 4.78 is 70.0. The van der Waals surface area contributed by atoms with Crippen LogP contribution in [0.25, 0.3) is 0 Å². The minimum absolute atomic E-state index is 0.143. The Kier molecular flexibility index (Phi) is 9.96. The first-order valence-electron chi connectivity index (χ1n) is 13.8.